The van der Waals surface area contributed by atoms with Crippen LogP contribution in [0.25, 0.3) is 11.1 Å². The van der Waals surface area contributed by atoms with E-state index in [2.05, 4.69) is 10.6 Å². The summed E-state index contributed by atoms with van der Waals surface area (Å²) in [5.41, 5.74) is 3.16. The van der Waals surface area contributed by atoms with E-state index in [-0.39, 0.29) is 5.56 Å². The maximum absolute atomic E-state index is 12.8. The zero-order valence-corrected chi connectivity index (χ0v) is 22.5. The third-order valence-electron chi connectivity index (χ3n) is 6.53. The molecule has 1 fully saturated rings. The molecule has 218 valence electrons. The SMILES string of the molecule is O=C(O[C@@H]1O[C@H](C(=O)O)[C@@H](O)[C@H](O)[C@H]1O)c1cccc(-c2cccc(NCCNC[C@H](O)[13c]3[13cH][13cH][13cH][13c](Cl)[13cH]3)c2)c1. The summed E-state index contributed by atoms with van der Waals surface area (Å²) in [5, 5.41) is 56.4. The van der Waals surface area contributed by atoms with E-state index in [9.17, 15) is 35.1 Å². The number of hydrogen-bond acceptors (Lipinski definition) is 10. The lowest BCUT2D eigenvalue weighted by Crippen LogP contribution is -2.60. The van der Waals surface area contributed by atoms with E-state index in [1.54, 1.807) is 36.4 Å². The summed E-state index contributed by atoms with van der Waals surface area (Å²) in [6.45, 7) is 1.54. The zero-order valence-electron chi connectivity index (χ0n) is 21.8. The molecule has 1 aliphatic heterocycles. The van der Waals surface area contributed by atoms with E-state index in [0.717, 1.165) is 16.8 Å². The number of benzene rings is 3. The minimum absolute atomic E-state index is 0.103. The van der Waals surface area contributed by atoms with E-state index in [0.29, 0.717) is 30.2 Å². The molecule has 1 heterocycles. The molecule has 0 bridgehead atoms. The lowest BCUT2D eigenvalue weighted by atomic mass is 9.99. The molecule has 3 aromatic rings. The molecule has 1 saturated heterocycles. The van der Waals surface area contributed by atoms with Gasteiger partial charge in [-0.3, -0.25) is 0 Å². The van der Waals surface area contributed by atoms with Crippen LogP contribution in [0.15, 0.2) is 72.8 Å². The highest BCUT2D eigenvalue weighted by molar-refractivity contribution is 6.30. The van der Waals surface area contributed by atoms with E-state index in [1.165, 1.54) is 6.07 Å². The van der Waals surface area contributed by atoms with Gasteiger partial charge in [0.15, 0.2) is 6.10 Å². The first-order valence-corrected chi connectivity index (χ1v) is 13.2. The second-order valence-electron chi connectivity index (χ2n) is 9.50. The van der Waals surface area contributed by atoms with E-state index in [4.69, 9.17) is 21.1 Å². The van der Waals surface area contributed by atoms with Gasteiger partial charge in [0.1, 0.15) is 18.3 Å². The minimum atomic E-state index is -1.89. The molecule has 6 atom stereocenters. The average molecular weight is 593 g/mol. The summed E-state index contributed by atoms with van der Waals surface area (Å²) >= 11 is 5.98. The smallest absolute Gasteiger partial charge is 0.340 e. The van der Waals surface area contributed by atoms with Gasteiger partial charge in [-0.2, -0.15) is 0 Å². The van der Waals surface area contributed by atoms with Crippen LogP contribution in [-0.2, 0) is 14.3 Å². The molecule has 0 aromatic heterocycles. The van der Waals surface area contributed by atoms with Crippen LogP contribution in [0.2, 0.25) is 5.02 Å². The number of hydrogen-bond donors (Lipinski definition) is 7. The van der Waals surface area contributed by atoms with Gasteiger partial charge >= 0.3 is 11.9 Å². The highest BCUT2D eigenvalue weighted by atomic mass is 35.5. The van der Waals surface area contributed by atoms with Gasteiger partial charge in [0.25, 0.3) is 0 Å². The Kier molecular flexibility index (Phi) is 10.3. The fourth-order valence-corrected chi connectivity index (χ4v) is 4.52. The molecule has 0 saturated carbocycles. The lowest BCUT2D eigenvalue weighted by Gasteiger charge is -2.37. The van der Waals surface area contributed by atoms with Crippen LogP contribution >= 0.6 is 11.6 Å². The summed E-state index contributed by atoms with van der Waals surface area (Å²) in [6.07, 6.45) is -9.97. The fraction of sp³-hybridized carbons (Fsp3) is 0.310. The van der Waals surface area contributed by atoms with Gasteiger partial charge in [0.2, 0.25) is 6.29 Å². The van der Waals surface area contributed by atoms with Crippen molar-refractivity contribution in [1.29, 1.82) is 0 Å². The monoisotopic (exact) mass is 592 g/mol. The number of esters is 1. The average Bonchev–Trinajstić information content (AvgIpc) is 2.97. The second kappa shape index (κ2) is 13.9. The van der Waals surface area contributed by atoms with Gasteiger partial charge in [0, 0.05) is 30.3 Å². The lowest BCUT2D eigenvalue weighted by molar-refractivity contribution is -0.278. The van der Waals surface area contributed by atoms with Gasteiger partial charge < -0.3 is 45.6 Å². The molecule has 3 aromatic carbocycles. The molecule has 0 unspecified atom stereocenters. The number of anilines is 1. The number of nitrogens with one attached hydrogen (secondary N) is 2. The first kappa shape index (κ1) is 30.4. The maximum Gasteiger partial charge on any atom is 0.340 e. The van der Waals surface area contributed by atoms with Crippen molar-refractivity contribution in [2.45, 2.75) is 36.8 Å². The Hall–Kier alpha value is -3.55. The van der Waals surface area contributed by atoms with Crippen molar-refractivity contribution in [3.05, 3.63) is 88.9 Å². The Morgan fingerprint density at radius 3 is 2.34 bits per heavy atom. The highest BCUT2D eigenvalue weighted by Crippen LogP contribution is 2.26. The number of halogens is 1. The summed E-state index contributed by atoms with van der Waals surface area (Å²) in [5.74, 6) is -2.49. The van der Waals surface area contributed by atoms with Gasteiger partial charge in [-0.15, -0.1) is 0 Å². The van der Waals surface area contributed by atoms with E-state index in [1.807, 2.05) is 30.3 Å². The van der Waals surface area contributed by atoms with Crippen LogP contribution in [0.1, 0.15) is 22.0 Å². The van der Waals surface area contributed by atoms with Crippen LogP contribution in [0.4, 0.5) is 5.69 Å². The molecule has 0 amide bonds. The maximum atomic E-state index is 12.8. The van der Waals surface area contributed by atoms with E-state index >= 15 is 0 Å². The van der Waals surface area contributed by atoms with Crippen molar-refractivity contribution in [3.63, 3.8) is 0 Å². The topological polar surface area (TPSA) is 178 Å². The summed E-state index contributed by atoms with van der Waals surface area (Å²) in [4.78, 5) is 24.1. The van der Waals surface area contributed by atoms with Crippen molar-refractivity contribution in [3.8, 4) is 11.1 Å². The number of aliphatic hydroxyl groups excluding tert-OH is 4. The molecule has 11 nitrogen and oxygen atoms in total. The van der Waals surface area contributed by atoms with Gasteiger partial charge in [-0.05, 0) is 53.1 Å². The van der Waals surface area contributed by atoms with Gasteiger partial charge in [-0.1, -0.05) is 48.0 Å². The quantitative estimate of drug-likeness (QED) is 0.128. The van der Waals surface area contributed by atoms with Crippen LogP contribution < -0.4 is 10.6 Å². The number of aliphatic hydroxyl groups is 4. The Balaban J connectivity index is 1.32. The Morgan fingerprint density at radius 1 is 0.902 bits per heavy atom. The van der Waals surface area contributed by atoms with Crippen molar-refractivity contribution >= 4 is 29.2 Å². The molecule has 0 aliphatic carbocycles. The zero-order chi connectivity index (χ0) is 29.5. The number of carbonyl (C=O) groups is 2. The predicted octanol–water partition coefficient (Wildman–Crippen LogP) is 1.79. The van der Waals surface area contributed by atoms with Crippen LogP contribution in [0.5, 0.6) is 0 Å². The van der Waals surface area contributed by atoms with E-state index < -0.39 is 48.7 Å². The standard InChI is InChI=1S/C29H31ClN2O9/c30-20-8-2-6-18(13-20)22(33)15-31-10-11-32-21-9-3-5-17(14-21)16-4-1-7-19(12-16)28(39)41-29-25(36)23(34)24(35)26(40-29)27(37)38/h1-9,12-14,22-26,29,31-36H,10-11,15H2,(H,37,38)/t22-,23-,24-,25+,26-,29-/m0/s1/i2+1,6+1,8+1,13+1,18+1,20+1. The molecule has 0 spiro atoms. The van der Waals surface area contributed by atoms with Crippen LogP contribution in [0.3, 0.4) is 0 Å². The first-order chi connectivity index (χ1) is 19.6. The number of carboxylic acids is 1. The number of aliphatic carboxylic acids is 1. The Bertz CT molecular complexity index is 1360. The van der Waals surface area contributed by atoms with Crippen molar-refractivity contribution in [2.75, 3.05) is 25.0 Å². The van der Waals surface area contributed by atoms with Crippen LogP contribution in [0, 0.1) is 0 Å². The third kappa shape index (κ3) is 7.80. The van der Waals surface area contributed by atoms with Crippen molar-refractivity contribution in [1.82, 2.24) is 5.32 Å². The van der Waals surface area contributed by atoms with Gasteiger partial charge in [-0.25, -0.2) is 9.59 Å². The molecular formula is C29H31ClN2O9. The minimum Gasteiger partial charge on any atom is -0.479 e. The number of carbonyl (C=O) groups excluding carboxylic acids is 1. The summed E-state index contributed by atoms with van der Waals surface area (Å²) < 4.78 is 10.2. The molecule has 0 radical (unpaired) electrons. The second-order valence-corrected chi connectivity index (χ2v) is 9.94. The fourth-order valence-electron chi connectivity index (χ4n) is 4.32. The molecule has 41 heavy (non-hydrogen) atoms. The number of rotatable bonds is 11. The molecule has 7 N–H and O–H groups in total. The predicted molar refractivity (Wildman–Crippen MR) is 149 cm³/mol. The Labute approximate surface area is 240 Å². The van der Waals surface area contributed by atoms with Gasteiger partial charge in [0.05, 0.1) is 11.7 Å². The normalized spacial score (nSPS) is 23.0. The summed E-state index contributed by atoms with van der Waals surface area (Å²) in [6, 6.07) is 21.1. The first-order valence-electron chi connectivity index (χ1n) is 12.9. The molecule has 4 rings (SSSR count). The molecule has 12 heteroatoms. The van der Waals surface area contributed by atoms with Crippen molar-refractivity contribution in [2.24, 2.45) is 0 Å². The Morgan fingerprint density at radius 2 is 1.61 bits per heavy atom. The number of carboxylic acid groups (broad SMARTS) is 1. The van der Waals surface area contributed by atoms with Crippen molar-refractivity contribution < 1.29 is 44.6 Å². The number of ether oxygens (including phenoxy) is 2. The summed E-state index contributed by atoms with van der Waals surface area (Å²) in [7, 11) is 0. The molecule has 1 aliphatic rings. The largest absolute Gasteiger partial charge is 0.479 e. The third-order valence-corrected chi connectivity index (χ3v) is 6.77. The van der Waals surface area contributed by atoms with Crippen LogP contribution in [-0.4, -0.2) is 87.8 Å². The highest BCUT2D eigenvalue weighted by Gasteiger charge is 2.48. The molecular weight excluding hydrogens is 562 g/mol.